The number of aromatic nitrogens is 2. The van der Waals surface area contributed by atoms with Gasteiger partial charge >= 0.3 is 0 Å². The van der Waals surface area contributed by atoms with E-state index in [1.54, 1.807) is 24.3 Å². The first-order valence-electron chi connectivity index (χ1n) is 5.96. The van der Waals surface area contributed by atoms with Crippen LogP contribution in [0.3, 0.4) is 0 Å². The van der Waals surface area contributed by atoms with E-state index in [1.807, 2.05) is 6.92 Å². The largest absolute Gasteiger partial charge is 0.478 e. The molecule has 0 spiro atoms. The summed E-state index contributed by atoms with van der Waals surface area (Å²) >= 11 is 6.08. The molecule has 5 nitrogen and oxygen atoms in total. The number of rotatable bonds is 5. The second-order valence-corrected chi connectivity index (χ2v) is 4.36. The van der Waals surface area contributed by atoms with Gasteiger partial charge in [-0.3, -0.25) is 0 Å². The van der Waals surface area contributed by atoms with E-state index < -0.39 is 0 Å². The second-order valence-electron chi connectivity index (χ2n) is 3.95. The zero-order valence-corrected chi connectivity index (χ0v) is 11.3. The van der Waals surface area contributed by atoms with Gasteiger partial charge in [0.1, 0.15) is 12.1 Å². The van der Waals surface area contributed by atoms with E-state index in [2.05, 4.69) is 15.3 Å². The first-order valence-corrected chi connectivity index (χ1v) is 6.33. The number of nitrogens with two attached hydrogens (primary N) is 1. The molecule has 2 rings (SSSR count). The van der Waals surface area contributed by atoms with Crippen molar-refractivity contribution >= 4 is 28.8 Å². The number of nitrogens with zero attached hydrogens (tertiary/aromatic N) is 2. The van der Waals surface area contributed by atoms with Crippen molar-refractivity contribution in [3.63, 3.8) is 0 Å². The smallest absolute Gasteiger partial charge is 0.218 e. The molecule has 2 aromatic rings. The summed E-state index contributed by atoms with van der Waals surface area (Å²) < 4.78 is 5.44. The fourth-order valence-corrected chi connectivity index (χ4v) is 1.63. The van der Waals surface area contributed by atoms with E-state index in [0.29, 0.717) is 34.7 Å². The van der Waals surface area contributed by atoms with Gasteiger partial charge in [0.05, 0.1) is 17.3 Å². The fraction of sp³-hybridized carbons (Fsp3) is 0.231. The SMILES string of the molecule is CCCOc1cc(Nc2cc(N)ccc2Cl)ncn1. The summed E-state index contributed by atoms with van der Waals surface area (Å²) in [5.74, 6) is 1.13. The molecule has 0 aliphatic carbocycles. The number of benzene rings is 1. The molecule has 0 saturated carbocycles. The molecule has 100 valence electrons. The number of nitrogens with one attached hydrogen (secondary N) is 1. The van der Waals surface area contributed by atoms with Gasteiger partial charge in [-0.05, 0) is 24.6 Å². The molecule has 0 aliphatic rings. The lowest BCUT2D eigenvalue weighted by Crippen LogP contribution is -2.00. The Hall–Kier alpha value is -2.01. The van der Waals surface area contributed by atoms with Crippen molar-refractivity contribution in [3.8, 4) is 5.88 Å². The van der Waals surface area contributed by atoms with Crippen LogP contribution < -0.4 is 15.8 Å². The Labute approximate surface area is 116 Å². The lowest BCUT2D eigenvalue weighted by Gasteiger charge is -2.09. The van der Waals surface area contributed by atoms with Crippen LogP contribution in [-0.2, 0) is 0 Å². The lowest BCUT2D eigenvalue weighted by molar-refractivity contribution is 0.305. The molecule has 3 N–H and O–H groups in total. The topological polar surface area (TPSA) is 73.1 Å². The Morgan fingerprint density at radius 1 is 1.32 bits per heavy atom. The number of halogens is 1. The average molecular weight is 279 g/mol. The minimum absolute atomic E-state index is 0.527. The highest BCUT2D eigenvalue weighted by Crippen LogP contribution is 2.27. The molecule has 0 unspecified atom stereocenters. The van der Waals surface area contributed by atoms with Gasteiger partial charge in [-0.25, -0.2) is 9.97 Å². The zero-order valence-electron chi connectivity index (χ0n) is 10.6. The van der Waals surface area contributed by atoms with Gasteiger partial charge in [0, 0.05) is 11.8 Å². The van der Waals surface area contributed by atoms with Crippen LogP contribution in [0.2, 0.25) is 5.02 Å². The molecule has 0 atom stereocenters. The Bertz CT molecular complexity index is 562. The normalized spacial score (nSPS) is 10.2. The van der Waals surface area contributed by atoms with Crippen molar-refractivity contribution in [2.45, 2.75) is 13.3 Å². The van der Waals surface area contributed by atoms with Gasteiger partial charge in [-0.1, -0.05) is 18.5 Å². The molecular weight excluding hydrogens is 264 g/mol. The van der Waals surface area contributed by atoms with Crippen molar-refractivity contribution in [1.82, 2.24) is 9.97 Å². The van der Waals surface area contributed by atoms with Crippen molar-refractivity contribution in [2.75, 3.05) is 17.7 Å². The van der Waals surface area contributed by atoms with E-state index in [4.69, 9.17) is 22.1 Å². The molecule has 0 aliphatic heterocycles. The van der Waals surface area contributed by atoms with Gasteiger partial charge in [-0.2, -0.15) is 0 Å². The number of hydrogen-bond acceptors (Lipinski definition) is 5. The molecule has 1 aromatic heterocycles. The van der Waals surface area contributed by atoms with Crippen LogP contribution in [0.15, 0.2) is 30.6 Å². The van der Waals surface area contributed by atoms with Crippen molar-refractivity contribution in [2.24, 2.45) is 0 Å². The molecule has 0 radical (unpaired) electrons. The van der Waals surface area contributed by atoms with E-state index in [0.717, 1.165) is 6.42 Å². The zero-order chi connectivity index (χ0) is 13.7. The molecule has 0 fully saturated rings. The van der Waals surface area contributed by atoms with Crippen LogP contribution in [0.4, 0.5) is 17.2 Å². The van der Waals surface area contributed by atoms with E-state index in [9.17, 15) is 0 Å². The Morgan fingerprint density at radius 3 is 2.95 bits per heavy atom. The maximum atomic E-state index is 6.08. The van der Waals surface area contributed by atoms with E-state index in [-0.39, 0.29) is 0 Å². The number of anilines is 3. The molecule has 0 saturated heterocycles. The highest BCUT2D eigenvalue weighted by atomic mass is 35.5. The molecule has 19 heavy (non-hydrogen) atoms. The monoisotopic (exact) mass is 278 g/mol. The molecule has 1 heterocycles. The summed E-state index contributed by atoms with van der Waals surface area (Å²) in [5, 5.41) is 3.66. The van der Waals surface area contributed by atoms with Gasteiger partial charge < -0.3 is 15.8 Å². The highest BCUT2D eigenvalue weighted by Gasteiger charge is 2.04. The number of hydrogen-bond donors (Lipinski definition) is 2. The predicted molar refractivity (Wildman–Crippen MR) is 77.0 cm³/mol. The lowest BCUT2D eigenvalue weighted by atomic mass is 10.3. The highest BCUT2D eigenvalue weighted by molar-refractivity contribution is 6.33. The molecule has 0 amide bonds. The molecular formula is C13H15ClN4O. The van der Waals surface area contributed by atoms with Crippen LogP contribution >= 0.6 is 11.6 Å². The summed E-state index contributed by atoms with van der Waals surface area (Å²) in [4.78, 5) is 8.14. The molecule has 1 aromatic carbocycles. The predicted octanol–water partition coefficient (Wildman–Crippen LogP) is 3.24. The van der Waals surface area contributed by atoms with Crippen LogP contribution in [0.5, 0.6) is 5.88 Å². The first kappa shape index (κ1) is 13.4. The van der Waals surface area contributed by atoms with Crippen molar-refractivity contribution in [3.05, 3.63) is 35.6 Å². The minimum Gasteiger partial charge on any atom is -0.478 e. The second kappa shape index (κ2) is 6.24. The van der Waals surface area contributed by atoms with Gasteiger partial charge in [0.25, 0.3) is 0 Å². The standard InChI is InChI=1S/C13H15ClN4O/c1-2-5-19-13-7-12(16-8-17-13)18-11-6-9(15)3-4-10(11)14/h3-4,6-8H,2,5,15H2,1H3,(H,16,17,18). The van der Waals surface area contributed by atoms with Crippen LogP contribution in [0.25, 0.3) is 0 Å². The summed E-state index contributed by atoms with van der Waals surface area (Å²) in [5.41, 5.74) is 7.04. The van der Waals surface area contributed by atoms with Crippen molar-refractivity contribution in [1.29, 1.82) is 0 Å². The third kappa shape index (κ3) is 3.72. The Morgan fingerprint density at radius 2 is 2.16 bits per heavy atom. The number of nitrogen functional groups attached to an aromatic ring is 1. The van der Waals surface area contributed by atoms with E-state index >= 15 is 0 Å². The van der Waals surface area contributed by atoms with Gasteiger partial charge in [-0.15, -0.1) is 0 Å². The third-order valence-electron chi connectivity index (χ3n) is 2.35. The average Bonchev–Trinajstić information content (AvgIpc) is 2.41. The number of ether oxygens (including phenoxy) is 1. The van der Waals surface area contributed by atoms with Gasteiger partial charge in [0.2, 0.25) is 5.88 Å². The summed E-state index contributed by atoms with van der Waals surface area (Å²) in [6, 6.07) is 6.93. The third-order valence-corrected chi connectivity index (χ3v) is 2.68. The quantitative estimate of drug-likeness (QED) is 0.822. The fourth-order valence-electron chi connectivity index (χ4n) is 1.47. The van der Waals surface area contributed by atoms with Crippen molar-refractivity contribution < 1.29 is 4.74 Å². The Balaban J connectivity index is 2.16. The van der Waals surface area contributed by atoms with Crippen LogP contribution in [0.1, 0.15) is 13.3 Å². The minimum atomic E-state index is 0.527. The van der Waals surface area contributed by atoms with E-state index in [1.165, 1.54) is 6.33 Å². The summed E-state index contributed by atoms with van der Waals surface area (Å²) in [7, 11) is 0. The Kier molecular flexibility index (Phi) is 4.41. The molecule has 6 heteroatoms. The summed E-state index contributed by atoms with van der Waals surface area (Å²) in [6.45, 7) is 2.66. The summed E-state index contributed by atoms with van der Waals surface area (Å²) in [6.07, 6.45) is 2.36. The van der Waals surface area contributed by atoms with Crippen LogP contribution in [-0.4, -0.2) is 16.6 Å². The first-order chi connectivity index (χ1) is 9.19. The van der Waals surface area contributed by atoms with Gasteiger partial charge in [0.15, 0.2) is 0 Å². The maximum absolute atomic E-state index is 6.08. The molecule has 0 bridgehead atoms. The van der Waals surface area contributed by atoms with Crippen LogP contribution in [0, 0.1) is 0 Å². The maximum Gasteiger partial charge on any atom is 0.218 e.